The summed E-state index contributed by atoms with van der Waals surface area (Å²) in [5.41, 5.74) is 1.07. The molecule has 1 atom stereocenters. The van der Waals surface area contributed by atoms with Gasteiger partial charge in [-0.15, -0.1) is 0 Å². The van der Waals surface area contributed by atoms with Crippen LogP contribution in [0.3, 0.4) is 0 Å². The molecule has 3 rings (SSSR count). The van der Waals surface area contributed by atoms with Crippen LogP contribution < -0.4 is 4.74 Å². The molecule has 1 heterocycles. The van der Waals surface area contributed by atoms with Crippen molar-refractivity contribution in [1.82, 2.24) is 9.55 Å². The number of hydrogen-bond acceptors (Lipinski definition) is 2. The van der Waals surface area contributed by atoms with Gasteiger partial charge in [-0.1, -0.05) is 41.4 Å². The first kappa shape index (κ1) is 18.3. The summed E-state index contributed by atoms with van der Waals surface area (Å²) >= 11 is 16.0. The van der Waals surface area contributed by atoms with Gasteiger partial charge in [0.05, 0.1) is 17.4 Å². The van der Waals surface area contributed by atoms with Gasteiger partial charge in [-0.2, -0.15) is 0 Å². The monoisotopic (exact) mass is 438 g/mol. The van der Waals surface area contributed by atoms with Crippen LogP contribution in [0, 0.1) is 0 Å². The van der Waals surface area contributed by atoms with Crippen molar-refractivity contribution in [3.05, 3.63) is 81.3 Å². The van der Waals surface area contributed by atoms with Gasteiger partial charge in [0.2, 0.25) is 0 Å². The fourth-order valence-electron chi connectivity index (χ4n) is 2.70. The minimum Gasteiger partial charge on any atom is -0.492 e. The molecule has 6 heteroatoms. The highest BCUT2D eigenvalue weighted by molar-refractivity contribution is 9.10. The van der Waals surface area contributed by atoms with E-state index < -0.39 is 0 Å². The largest absolute Gasteiger partial charge is 0.492 e. The number of rotatable bonds is 7. The van der Waals surface area contributed by atoms with Crippen molar-refractivity contribution >= 4 is 39.1 Å². The lowest BCUT2D eigenvalue weighted by molar-refractivity contribution is 0.289. The molecule has 130 valence electrons. The normalized spacial score (nSPS) is 12.1. The molecule has 2 aromatic carbocycles. The molecule has 0 saturated carbocycles. The zero-order chi connectivity index (χ0) is 17.6. The van der Waals surface area contributed by atoms with E-state index in [1.54, 1.807) is 12.3 Å². The molecule has 0 aliphatic carbocycles. The maximum absolute atomic E-state index is 6.43. The summed E-state index contributed by atoms with van der Waals surface area (Å²) in [6, 6.07) is 13.5. The summed E-state index contributed by atoms with van der Waals surface area (Å²) in [7, 11) is 0. The van der Waals surface area contributed by atoms with Gasteiger partial charge in [0.15, 0.2) is 0 Å². The number of aromatic nitrogens is 2. The molecule has 0 radical (unpaired) electrons. The van der Waals surface area contributed by atoms with Gasteiger partial charge >= 0.3 is 0 Å². The molecule has 0 saturated heterocycles. The van der Waals surface area contributed by atoms with Crippen molar-refractivity contribution in [3.8, 4) is 5.75 Å². The van der Waals surface area contributed by atoms with Crippen LogP contribution in [0.15, 0.2) is 65.7 Å². The standard InChI is InChI=1S/C19H17BrCl2N2O/c20-17-3-1-2-4-19(17)25-10-7-14(12-24-9-8-23-13-24)16-6-5-15(21)11-18(16)22/h1-6,8-9,11,13-14H,7,10,12H2/t14-/m1/s1. The Labute approximate surface area is 165 Å². The minimum atomic E-state index is 0.196. The molecule has 0 fully saturated rings. The van der Waals surface area contributed by atoms with Gasteiger partial charge in [-0.25, -0.2) is 4.98 Å². The predicted molar refractivity (Wildman–Crippen MR) is 106 cm³/mol. The molecule has 3 nitrogen and oxygen atoms in total. The summed E-state index contributed by atoms with van der Waals surface area (Å²) in [6.45, 7) is 1.36. The minimum absolute atomic E-state index is 0.196. The number of benzene rings is 2. The van der Waals surface area contributed by atoms with Crippen molar-refractivity contribution < 1.29 is 4.74 Å². The van der Waals surface area contributed by atoms with Crippen LogP contribution in [0.4, 0.5) is 0 Å². The van der Waals surface area contributed by atoms with Gasteiger partial charge < -0.3 is 9.30 Å². The lowest BCUT2D eigenvalue weighted by Crippen LogP contribution is -2.13. The zero-order valence-electron chi connectivity index (χ0n) is 13.4. The van der Waals surface area contributed by atoms with E-state index in [2.05, 4.69) is 20.9 Å². The maximum Gasteiger partial charge on any atom is 0.133 e. The zero-order valence-corrected chi connectivity index (χ0v) is 16.5. The first-order chi connectivity index (χ1) is 12.1. The average molecular weight is 440 g/mol. The van der Waals surface area contributed by atoms with Crippen LogP contribution in [-0.2, 0) is 6.54 Å². The quantitative estimate of drug-likeness (QED) is 0.437. The van der Waals surface area contributed by atoms with Crippen LogP contribution in [0.2, 0.25) is 10.0 Å². The van der Waals surface area contributed by atoms with Gasteiger partial charge in [-0.05, 0) is 52.2 Å². The Morgan fingerprint density at radius 2 is 2.00 bits per heavy atom. The van der Waals surface area contributed by atoms with Crippen LogP contribution >= 0.6 is 39.1 Å². The maximum atomic E-state index is 6.43. The highest BCUT2D eigenvalue weighted by Gasteiger charge is 2.16. The SMILES string of the molecule is Clc1ccc([C@H](CCOc2ccccc2Br)Cn2ccnc2)c(Cl)c1. The lowest BCUT2D eigenvalue weighted by atomic mass is 9.95. The van der Waals surface area contributed by atoms with E-state index in [0.717, 1.165) is 28.8 Å². The highest BCUT2D eigenvalue weighted by atomic mass is 79.9. The molecule has 3 aromatic rings. The Kier molecular flexibility index (Phi) is 6.40. The Balaban J connectivity index is 1.73. The Morgan fingerprint density at radius 3 is 2.72 bits per heavy atom. The average Bonchev–Trinajstić information content (AvgIpc) is 3.09. The lowest BCUT2D eigenvalue weighted by Gasteiger charge is -2.20. The number of hydrogen-bond donors (Lipinski definition) is 0. The summed E-state index contributed by atoms with van der Waals surface area (Å²) in [5, 5.41) is 1.32. The highest BCUT2D eigenvalue weighted by Crippen LogP contribution is 2.31. The van der Waals surface area contributed by atoms with Gasteiger partial charge in [0.1, 0.15) is 5.75 Å². The molecule has 0 unspecified atom stereocenters. The van der Waals surface area contributed by atoms with E-state index in [1.807, 2.05) is 53.5 Å². The summed E-state index contributed by atoms with van der Waals surface area (Å²) in [4.78, 5) is 4.12. The van der Waals surface area contributed by atoms with E-state index in [9.17, 15) is 0 Å². The molecular weight excluding hydrogens is 423 g/mol. The first-order valence-electron chi connectivity index (χ1n) is 7.91. The molecular formula is C19H17BrCl2N2O. The Hall–Kier alpha value is -1.49. The van der Waals surface area contributed by atoms with Gasteiger partial charge in [0, 0.05) is 34.9 Å². The second kappa shape index (κ2) is 8.75. The molecule has 0 aliphatic heterocycles. The molecule has 0 spiro atoms. The Morgan fingerprint density at radius 1 is 1.16 bits per heavy atom. The second-order valence-corrected chi connectivity index (χ2v) is 7.39. The van der Waals surface area contributed by atoms with E-state index >= 15 is 0 Å². The molecule has 0 bridgehead atoms. The predicted octanol–water partition coefficient (Wildman–Crippen LogP) is 6.21. The van der Waals surface area contributed by atoms with Crippen LogP contribution in [-0.4, -0.2) is 16.2 Å². The van der Waals surface area contributed by atoms with E-state index in [4.69, 9.17) is 27.9 Å². The van der Waals surface area contributed by atoms with Crippen molar-refractivity contribution in [3.63, 3.8) is 0 Å². The number of ether oxygens (including phenoxy) is 1. The van der Waals surface area contributed by atoms with Crippen LogP contribution in [0.25, 0.3) is 0 Å². The molecule has 0 aliphatic rings. The molecule has 1 aromatic heterocycles. The van der Waals surface area contributed by atoms with Crippen molar-refractivity contribution in [2.45, 2.75) is 18.9 Å². The second-order valence-electron chi connectivity index (χ2n) is 5.69. The topological polar surface area (TPSA) is 27.1 Å². The first-order valence-corrected chi connectivity index (χ1v) is 9.46. The van der Waals surface area contributed by atoms with Crippen molar-refractivity contribution in [2.75, 3.05) is 6.61 Å². The van der Waals surface area contributed by atoms with Gasteiger partial charge in [0.25, 0.3) is 0 Å². The Bertz CT molecular complexity index is 824. The number of para-hydroxylation sites is 1. The summed E-state index contributed by atoms with van der Waals surface area (Å²) in [6.07, 6.45) is 6.36. The van der Waals surface area contributed by atoms with Crippen LogP contribution in [0.5, 0.6) is 5.75 Å². The number of halogens is 3. The fourth-order valence-corrected chi connectivity index (χ4v) is 3.66. The fraction of sp³-hybridized carbons (Fsp3) is 0.211. The third-order valence-electron chi connectivity index (χ3n) is 3.95. The molecule has 0 amide bonds. The third-order valence-corrected chi connectivity index (χ3v) is 5.17. The molecule has 25 heavy (non-hydrogen) atoms. The number of imidazole rings is 1. The third kappa shape index (κ3) is 5.00. The summed E-state index contributed by atoms with van der Waals surface area (Å²) < 4.78 is 8.93. The van der Waals surface area contributed by atoms with Gasteiger partial charge in [-0.3, -0.25) is 0 Å². The van der Waals surface area contributed by atoms with Crippen molar-refractivity contribution in [2.24, 2.45) is 0 Å². The van der Waals surface area contributed by atoms with Crippen LogP contribution in [0.1, 0.15) is 17.9 Å². The van der Waals surface area contributed by atoms with E-state index in [0.29, 0.717) is 16.7 Å². The summed E-state index contributed by atoms with van der Waals surface area (Å²) in [5.74, 6) is 1.03. The number of nitrogens with zero attached hydrogens (tertiary/aromatic N) is 2. The molecule has 0 N–H and O–H groups in total. The van der Waals surface area contributed by atoms with E-state index in [1.165, 1.54) is 0 Å². The van der Waals surface area contributed by atoms with E-state index in [-0.39, 0.29) is 5.92 Å². The van der Waals surface area contributed by atoms with Crippen molar-refractivity contribution in [1.29, 1.82) is 0 Å². The smallest absolute Gasteiger partial charge is 0.133 e.